The summed E-state index contributed by atoms with van der Waals surface area (Å²) in [6.07, 6.45) is 15.6. The van der Waals surface area contributed by atoms with Crippen LogP contribution in [0.4, 0.5) is 4.39 Å². The predicted molar refractivity (Wildman–Crippen MR) is 242 cm³/mol. The summed E-state index contributed by atoms with van der Waals surface area (Å²) < 4.78 is 19.8. The third kappa shape index (κ3) is 31.4. The monoisotopic (exact) mass is 788 g/mol. The zero-order valence-electron chi connectivity index (χ0n) is 38.1. The Morgan fingerprint density at radius 3 is 1.82 bits per heavy atom. The lowest BCUT2D eigenvalue weighted by Gasteiger charge is -2.23. The van der Waals surface area contributed by atoms with E-state index < -0.39 is 5.82 Å². The number of rotatable bonds is 10. The van der Waals surface area contributed by atoms with Crippen molar-refractivity contribution in [3.05, 3.63) is 94.3 Å². The van der Waals surface area contributed by atoms with Crippen LogP contribution in [0.15, 0.2) is 70.3 Å². The number of aryl methyl sites for hydroxylation is 1. The molecule has 0 unspecified atom stereocenters. The van der Waals surface area contributed by atoms with Gasteiger partial charge < -0.3 is 9.52 Å². The van der Waals surface area contributed by atoms with E-state index in [1.54, 1.807) is 18.3 Å². The number of unbranched alkanes of at least 4 members (excludes halogenated alkanes) is 2. The maximum atomic E-state index is 13.8. The maximum Gasteiger partial charge on any atom is 0.290 e. The number of halogens is 2. The van der Waals surface area contributed by atoms with Gasteiger partial charge in [0.15, 0.2) is 5.76 Å². The smallest absolute Gasteiger partial charge is 0.290 e. The topological polar surface area (TPSA) is 79.9 Å². The quantitative estimate of drug-likeness (QED) is 0.113. The van der Waals surface area contributed by atoms with Gasteiger partial charge in [-0.15, -0.1) is 0 Å². The van der Waals surface area contributed by atoms with Gasteiger partial charge in [0.05, 0.1) is 5.02 Å². The Hall–Kier alpha value is -3.51. The van der Waals surface area contributed by atoms with Crippen molar-refractivity contribution in [2.75, 3.05) is 0 Å². The van der Waals surface area contributed by atoms with Gasteiger partial charge in [-0.05, 0) is 98.9 Å². The van der Waals surface area contributed by atoms with Crippen molar-refractivity contribution in [1.82, 2.24) is 0 Å². The molecule has 0 aliphatic heterocycles. The van der Waals surface area contributed by atoms with E-state index in [0.717, 1.165) is 16.8 Å². The second kappa shape index (κ2) is 32.7. The molecular weight excluding hydrogens is 709 g/mol. The highest BCUT2D eigenvalue weighted by Crippen LogP contribution is 2.39. The van der Waals surface area contributed by atoms with E-state index in [0.29, 0.717) is 28.1 Å². The molecule has 0 saturated heterocycles. The molecule has 0 aliphatic carbocycles. The SMILES string of the molecule is C/C=C\N=C(C)C=C(C)C.C=C(/C=C(\c1oc(C(=O)C(C)C)cc1C)C(C)(C)C)c1ccc(Cl)c(F)c1.CCC.CCCC.CCCCC(C)(C)C.O=CO. The first kappa shape index (κ1) is 58.2. The Morgan fingerprint density at radius 2 is 1.47 bits per heavy atom. The number of Topliss-reactive ketones (excluding diaryl/α,β-unsaturated/α-hetero) is 1. The molecule has 1 aromatic heterocycles. The van der Waals surface area contributed by atoms with Crippen LogP contribution in [-0.2, 0) is 4.79 Å². The highest BCUT2D eigenvalue weighted by Gasteiger charge is 2.26. The lowest BCUT2D eigenvalue weighted by Crippen LogP contribution is -2.09. The highest BCUT2D eigenvalue weighted by molar-refractivity contribution is 6.30. The van der Waals surface area contributed by atoms with Crippen LogP contribution in [-0.4, -0.2) is 23.1 Å². The van der Waals surface area contributed by atoms with Gasteiger partial charge in [-0.1, -0.05) is 158 Å². The number of carbonyl (C=O) groups is 2. The minimum absolute atomic E-state index is 0.0313. The third-order valence-corrected chi connectivity index (χ3v) is 7.36. The first-order chi connectivity index (χ1) is 25.4. The Kier molecular flexibility index (Phi) is 34.6. The summed E-state index contributed by atoms with van der Waals surface area (Å²) >= 11 is 5.77. The largest absolute Gasteiger partial charge is 0.483 e. The summed E-state index contributed by atoms with van der Waals surface area (Å²) in [5, 5.41) is 6.96. The van der Waals surface area contributed by atoms with E-state index in [1.807, 2.05) is 46.8 Å². The van der Waals surface area contributed by atoms with Gasteiger partial charge in [-0.25, -0.2) is 4.39 Å². The molecule has 1 aromatic carbocycles. The first-order valence-corrected chi connectivity index (χ1v) is 20.2. The molecule has 314 valence electrons. The van der Waals surface area contributed by atoms with Gasteiger partial charge in [0.2, 0.25) is 5.78 Å². The Labute approximate surface area is 342 Å². The molecule has 1 N–H and O–H groups in total. The number of aliphatic imine (C=N–C) groups is 1. The van der Waals surface area contributed by atoms with Gasteiger partial charge in [0.1, 0.15) is 11.6 Å². The summed E-state index contributed by atoms with van der Waals surface area (Å²) in [7, 11) is 0. The summed E-state index contributed by atoms with van der Waals surface area (Å²) in [6, 6.07) is 6.39. The normalized spacial score (nSPS) is 11.2. The number of carboxylic acid groups (broad SMARTS) is 1. The molecule has 0 fully saturated rings. The number of benzene rings is 1. The minimum atomic E-state index is -0.486. The van der Waals surface area contributed by atoms with Crippen molar-refractivity contribution in [2.45, 2.75) is 163 Å². The van der Waals surface area contributed by atoms with Crippen molar-refractivity contribution in [1.29, 1.82) is 0 Å². The molecule has 0 saturated carbocycles. The molecule has 2 aromatic rings. The second-order valence-corrected chi connectivity index (χ2v) is 16.5. The number of furan rings is 1. The fraction of sp³-hybridized carbons (Fsp3) is 0.562. The van der Waals surface area contributed by atoms with E-state index in [9.17, 15) is 9.18 Å². The zero-order chi connectivity index (χ0) is 43.9. The number of allylic oxidation sites excluding steroid dienone is 6. The van der Waals surface area contributed by atoms with Crippen LogP contribution in [0.5, 0.6) is 0 Å². The molecule has 0 radical (unpaired) electrons. The predicted octanol–water partition coefficient (Wildman–Crippen LogP) is 16.5. The summed E-state index contributed by atoms with van der Waals surface area (Å²) in [6.45, 7) is 41.4. The van der Waals surface area contributed by atoms with E-state index in [1.165, 1.54) is 56.2 Å². The van der Waals surface area contributed by atoms with Crippen molar-refractivity contribution in [3.63, 3.8) is 0 Å². The fourth-order valence-corrected chi connectivity index (χ4v) is 4.20. The molecule has 0 atom stereocenters. The number of nitrogens with zero attached hydrogens (tertiary/aromatic N) is 1. The van der Waals surface area contributed by atoms with Crippen molar-refractivity contribution in [3.8, 4) is 0 Å². The molecule has 1 heterocycles. The third-order valence-electron chi connectivity index (χ3n) is 7.05. The van der Waals surface area contributed by atoms with Gasteiger partial charge in [-0.3, -0.25) is 14.6 Å². The molecule has 5 nitrogen and oxygen atoms in total. The van der Waals surface area contributed by atoms with Gasteiger partial charge in [0.25, 0.3) is 6.47 Å². The lowest BCUT2D eigenvalue weighted by atomic mass is 9.82. The molecule has 0 amide bonds. The van der Waals surface area contributed by atoms with E-state index in [-0.39, 0.29) is 28.6 Å². The van der Waals surface area contributed by atoms with Crippen LogP contribution in [0, 0.1) is 29.5 Å². The van der Waals surface area contributed by atoms with Crippen molar-refractivity contribution < 1.29 is 23.5 Å². The average Bonchev–Trinajstić information content (AvgIpc) is 3.46. The van der Waals surface area contributed by atoms with E-state index in [4.69, 9.17) is 25.9 Å². The van der Waals surface area contributed by atoms with Crippen LogP contribution < -0.4 is 0 Å². The number of hydrogen-bond acceptors (Lipinski definition) is 4. The Balaban J connectivity index is -0.000000379. The number of ketones is 1. The van der Waals surface area contributed by atoms with Crippen LogP contribution in [0.2, 0.25) is 5.02 Å². The molecule has 7 heteroatoms. The molecule has 0 aliphatic rings. The number of hydrogen-bond donors (Lipinski definition) is 1. The van der Waals surface area contributed by atoms with Crippen LogP contribution in [0.3, 0.4) is 0 Å². The van der Waals surface area contributed by atoms with Gasteiger partial charge in [-0.2, -0.15) is 0 Å². The molecular formula is C48H79ClFNO4. The fourth-order valence-electron chi connectivity index (χ4n) is 4.09. The van der Waals surface area contributed by atoms with E-state index in [2.05, 4.69) is 108 Å². The van der Waals surface area contributed by atoms with E-state index >= 15 is 0 Å². The summed E-state index contributed by atoms with van der Waals surface area (Å²) in [4.78, 5) is 24.8. The molecule has 0 spiro atoms. The maximum absolute atomic E-state index is 13.8. The van der Waals surface area contributed by atoms with Gasteiger partial charge >= 0.3 is 0 Å². The average molecular weight is 789 g/mol. The van der Waals surface area contributed by atoms with Crippen LogP contribution in [0.25, 0.3) is 11.1 Å². The lowest BCUT2D eigenvalue weighted by molar-refractivity contribution is -0.122. The molecule has 2 rings (SSSR count). The van der Waals surface area contributed by atoms with Crippen molar-refractivity contribution >= 4 is 40.7 Å². The van der Waals surface area contributed by atoms with Crippen LogP contribution in [0.1, 0.15) is 184 Å². The Morgan fingerprint density at radius 1 is 0.964 bits per heavy atom. The highest BCUT2D eigenvalue weighted by atomic mass is 35.5. The first-order valence-electron chi connectivity index (χ1n) is 19.8. The summed E-state index contributed by atoms with van der Waals surface area (Å²) in [5.41, 5.74) is 5.68. The van der Waals surface area contributed by atoms with Crippen LogP contribution >= 0.6 is 11.6 Å². The minimum Gasteiger partial charge on any atom is -0.483 e. The number of carbonyl (C=O) groups excluding carboxylic acids is 1. The second-order valence-electron chi connectivity index (χ2n) is 16.1. The molecule has 0 bridgehead atoms. The standard InChI is InChI=1S/C23H26ClFO2.C9H15N.C8H18.C4H10.C3H8.CH2O2/c1-13(2)21(26)20-11-15(4)22(27-20)17(23(5,6)7)10-14(3)16-8-9-18(24)19(25)12-16;1-5-6-10-9(4)7-8(2)3;1-5-6-7-8(2,3)4;1-3-4-2;1-3-2;2-1-3/h8-13H,3H2,1-2,4-7H3;5-7H,1-4H3;5-7H2,1-4H3;3-4H2,1-2H3;3H2,1-2H3;1H,(H,2,3)/b17-10+;6-5-,10-9?;;;;. The molecule has 55 heavy (non-hydrogen) atoms. The van der Waals surface area contributed by atoms with Gasteiger partial charge in [0, 0.05) is 23.4 Å². The summed E-state index contributed by atoms with van der Waals surface area (Å²) in [5.74, 6) is 0.353. The van der Waals surface area contributed by atoms with Crippen molar-refractivity contribution in [2.24, 2.45) is 21.7 Å². The Bertz CT molecular complexity index is 1470. The zero-order valence-corrected chi connectivity index (χ0v) is 38.9.